The molecule has 0 heterocycles. The van der Waals surface area contributed by atoms with E-state index in [1.54, 1.807) is 33.8 Å². The number of hydrogen-bond acceptors (Lipinski definition) is 4. The molecule has 2 aromatic carbocycles. The Hall–Kier alpha value is -3.61. The quantitative estimate of drug-likeness (QED) is 0.541. The second kappa shape index (κ2) is 12.0. The maximum absolute atomic E-state index is 13.5. The highest BCUT2D eigenvalue weighted by Crippen LogP contribution is 2.25. The highest BCUT2D eigenvalue weighted by Gasteiger charge is 2.34. The van der Waals surface area contributed by atoms with E-state index in [2.05, 4.69) is 17.2 Å². The summed E-state index contributed by atoms with van der Waals surface area (Å²) < 4.78 is 5.28. The Morgan fingerprint density at radius 3 is 2.26 bits per heavy atom. The molecule has 0 fully saturated rings. The minimum Gasteiger partial charge on any atom is -0.444 e. The van der Waals surface area contributed by atoms with Gasteiger partial charge in [0, 0.05) is 13.1 Å². The summed E-state index contributed by atoms with van der Waals surface area (Å²) in [4.78, 5) is 40.6. The Morgan fingerprint density at radius 1 is 1.06 bits per heavy atom. The highest BCUT2D eigenvalue weighted by atomic mass is 16.6. The second-order valence-electron chi connectivity index (χ2n) is 9.11. The summed E-state index contributed by atoms with van der Waals surface area (Å²) in [5.74, 6) is -0.744. The number of ether oxygens (including phenoxy) is 1. The zero-order valence-corrected chi connectivity index (χ0v) is 20.6. The van der Waals surface area contributed by atoms with E-state index < -0.39 is 29.7 Å². The van der Waals surface area contributed by atoms with Gasteiger partial charge < -0.3 is 20.3 Å². The molecule has 0 aliphatic carbocycles. The van der Waals surface area contributed by atoms with Crippen LogP contribution in [0, 0.1) is 6.92 Å². The van der Waals surface area contributed by atoms with Crippen LogP contribution in [0.1, 0.15) is 50.4 Å². The van der Waals surface area contributed by atoms with Crippen LogP contribution in [0.3, 0.4) is 0 Å². The van der Waals surface area contributed by atoms with Crippen LogP contribution >= 0.6 is 0 Å². The van der Waals surface area contributed by atoms with Gasteiger partial charge in [0.15, 0.2) is 0 Å². The first-order valence-electron chi connectivity index (χ1n) is 11.3. The van der Waals surface area contributed by atoms with Crippen molar-refractivity contribution in [1.82, 2.24) is 15.5 Å². The molecule has 34 heavy (non-hydrogen) atoms. The summed E-state index contributed by atoms with van der Waals surface area (Å²) in [5, 5.41) is 5.52. The Kier molecular flexibility index (Phi) is 9.42. The molecule has 2 N–H and O–H groups in total. The van der Waals surface area contributed by atoms with E-state index in [9.17, 15) is 14.4 Å². The first-order chi connectivity index (χ1) is 16.0. The van der Waals surface area contributed by atoms with Crippen molar-refractivity contribution in [3.8, 4) is 0 Å². The van der Waals surface area contributed by atoms with Gasteiger partial charge in [-0.15, -0.1) is 6.58 Å². The Labute approximate surface area is 202 Å². The SMILES string of the molecule is C=CCN(C(=O)C(C)NC(=O)OC(C)(C)C)C(C(=O)NCc1ccccc1)c1ccccc1C. The molecular weight excluding hydrogens is 430 g/mol. The van der Waals surface area contributed by atoms with Crippen LogP contribution in [-0.2, 0) is 20.9 Å². The molecule has 182 valence electrons. The largest absolute Gasteiger partial charge is 0.444 e. The van der Waals surface area contributed by atoms with Gasteiger partial charge in [-0.05, 0) is 51.3 Å². The zero-order valence-electron chi connectivity index (χ0n) is 20.6. The number of hydrogen-bond donors (Lipinski definition) is 2. The Morgan fingerprint density at radius 2 is 1.68 bits per heavy atom. The van der Waals surface area contributed by atoms with E-state index in [-0.39, 0.29) is 12.5 Å². The molecule has 0 aromatic heterocycles. The average molecular weight is 466 g/mol. The predicted molar refractivity (Wildman–Crippen MR) is 133 cm³/mol. The van der Waals surface area contributed by atoms with Crippen molar-refractivity contribution in [2.45, 2.75) is 58.8 Å². The van der Waals surface area contributed by atoms with Crippen LogP contribution in [0.5, 0.6) is 0 Å². The summed E-state index contributed by atoms with van der Waals surface area (Å²) in [6.07, 6.45) is 0.862. The fourth-order valence-electron chi connectivity index (χ4n) is 3.48. The summed E-state index contributed by atoms with van der Waals surface area (Å²) in [6, 6.07) is 15.2. The van der Waals surface area contributed by atoms with E-state index >= 15 is 0 Å². The van der Waals surface area contributed by atoms with Crippen molar-refractivity contribution in [3.05, 3.63) is 83.9 Å². The molecule has 0 saturated heterocycles. The Balaban J connectivity index is 2.33. The second-order valence-corrected chi connectivity index (χ2v) is 9.11. The standard InChI is InChI=1S/C27H35N3O4/c1-7-17-30(25(32)20(3)29-26(33)34-27(4,5)6)23(22-16-12-11-13-19(22)2)24(31)28-18-21-14-9-8-10-15-21/h7-16,20,23H,1,17-18H2,2-6H3,(H,28,31)(H,29,33). The van der Waals surface area contributed by atoms with Crippen LogP contribution in [0.4, 0.5) is 4.79 Å². The number of rotatable bonds is 9. The van der Waals surface area contributed by atoms with E-state index in [0.717, 1.165) is 11.1 Å². The molecule has 2 unspecified atom stereocenters. The van der Waals surface area contributed by atoms with Gasteiger partial charge in [0.25, 0.3) is 0 Å². The topological polar surface area (TPSA) is 87.7 Å². The van der Waals surface area contributed by atoms with E-state index in [1.165, 1.54) is 4.90 Å². The van der Waals surface area contributed by atoms with Crippen LogP contribution in [0.25, 0.3) is 0 Å². The first-order valence-corrected chi connectivity index (χ1v) is 11.3. The molecule has 7 nitrogen and oxygen atoms in total. The third-order valence-electron chi connectivity index (χ3n) is 5.07. The van der Waals surface area contributed by atoms with Crippen molar-refractivity contribution < 1.29 is 19.1 Å². The van der Waals surface area contributed by atoms with Crippen LogP contribution in [0.15, 0.2) is 67.3 Å². The van der Waals surface area contributed by atoms with Gasteiger partial charge in [0.1, 0.15) is 17.7 Å². The minimum absolute atomic E-state index is 0.122. The third-order valence-corrected chi connectivity index (χ3v) is 5.07. The van der Waals surface area contributed by atoms with Crippen molar-refractivity contribution in [1.29, 1.82) is 0 Å². The number of benzene rings is 2. The third kappa shape index (κ3) is 7.76. The molecule has 0 aliphatic rings. The molecule has 2 atom stereocenters. The number of carbonyl (C=O) groups excluding carboxylic acids is 3. The number of nitrogens with one attached hydrogen (secondary N) is 2. The molecule has 2 rings (SSSR count). The normalized spacial score (nSPS) is 12.7. The summed E-state index contributed by atoms with van der Waals surface area (Å²) in [7, 11) is 0. The number of aryl methyl sites for hydroxylation is 1. The number of nitrogens with zero attached hydrogens (tertiary/aromatic N) is 1. The highest BCUT2D eigenvalue weighted by molar-refractivity contribution is 5.92. The predicted octanol–water partition coefficient (Wildman–Crippen LogP) is 4.28. The number of carbonyl (C=O) groups is 3. The van der Waals surface area contributed by atoms with Gasteiger partial charge in [-0.25, -0.2) is 4.79 Å². The van der Waals surface area contributed by atoms with Gasteiger partial charge in [-0.1, -0.05) is 60.7 Å². The number of amides is 3. The molecule has 0 radical (unpaired) electrons. The maximum Gasteiger partial charge on any atom is 0.408 e. The summed E-state index contributed by atoms with van der Waals surface area (Å²) in [6.45, 7) is 12.9. The van der Waals surface area contributed by atoms with Crippen molar-refractivity contribution >= 4 is 17.9 Å². The van der Waals surface area contributed by atoms with Gasteiger partial charge in [0.05, 0.1) is 0 Å². The molecule has 2 aromatic rings. The lowest BCUT2D eigenvalue weighted by molar-refractivity contribution is -0.141. The van der Waals surface area contributed by atoms with Gasteiger partial charge in [0.2, 0.25) is 11.8 Å². The smallest absolute Gasteiger partial charge is 0.408 e. The lowest BCUT2D eigenvalue weighted by Crippen LogP contribution is -2.52. The number of alkyl carbamates (subject to hydrolysis) is 1. The van der Waals surface area contributed by atoms with Crippen LogP contribution in [0.2, 0.25) is 0 Å². The van der Waals surface area contributed by atoms with Crippen LogP contribution < -0.4 is 10.6 Å². The van der Waals surface area contributed by atoms with Crippen molar-refractivity contribution in [3.63, 3.8) is 0 Å². The molecule has 7 heteroatoms. The lowest BCUT2D eigenvalue weighted by Gasteiger charge is -2.33. The molecule has 0 bridgehead atoms. The summed E-state index contributed by atoms with van der Waals surface area (Å²) in [5.41, 5.74) is 1.82. The first kappa shape index (κ1) is 26.6. The monoisotopic (exact) mass is 465 g/mol. The van der Waals surface area contributed by atoms with Crippen molar-refractivity contribution in [2.24, 2.45) is 0 Å². The van der Waals surface area contributed by atoms with Gasteiger partial charge in [-0.2, -0.15) is 0 Å². The molecule has 0 aliphatic heterocycles. The van der Waals surface area contributed by atoms with Gasteiger partial charge in [-0.3, -0.25) is 9.59 Å². The maximum atomic E-state index is 13.5. The Bertz CT molecular complexity index is 998. The zero-order chi connectivity index (χ0) is 25.3. The van der Waals surface area contributed by atoms with E-state index in [1.807, 2.05) is 61.5 Å². The van der Waals surface area contributed by atoms with Crippen LogP contribution in [-0.4, -0.2) is 41.0 Å². The lowest BCUT2D eigenvalue weighted by atomic mass is 9.98. The van der Waals surface area contributed by atoms with E-state index in [4.69, 9.17) is 4.74 Å². The average Bonchev–Trinajstić information content (AvgIpc) is 2.77. The van der Waals surface area contributed by atoms with E-state index in [0.29, 0.717) is 12.1 Å². The fourth-order valence-corrected chi connectivity index (χ4v) is 3.48. The summed E-state index contributed by atoms with van der Waals surface area (Å²) >= 11 is 0. The van der Waals surface area contributed by atoms with Gasteiger partial charge >= 0.3 is 6.09 Å². The molecule has 0 spiro atoms. The van der Waals surface area contributed by atoms with Crippen molar-refractivity contribution in [2.75, 3.05) is 6.54 Å². The molecule has 3 amide bonds. The molecule has 0 saturated carbocycles. The molecular formula is C27H35N3O4. The minimum atomic E-state index is -0.914. The fraction of sp³-hybridized carbons (Fsp3) is 0.370.